The Labute approximate surface area is 127 Å². The molecule has 0 spiro atoms. The third kappa shape index (κ3) is 2.44. The van der Waals surface area contributed by atoms with Gasteiger partial charge >= 0.3 is 11.7 Å². The molecule has 1 unspecified atom stereocenters. The second-order valence-electron chi connectivity index (χ2n) is 5.30. The summed E-state index contributed by atoms with van der Waals surface area (Å²) in [5.74, 6) is -1.05. The molecule has 1 aliphatic rings. The summed E-state index contributed by atoms with van der Waals surface area (Å²) in [6.45, 7) is 4.00. The van der Waals surface area contributed by atoms with E-state index in [9.17, 15) is 14.4 Å². The molecule has 22 heavy (non-hydrogen) atoms. The number of hydrogen-bond donors (Lipinski definition) is 0. The number of aromatic nitrogens is 2. The third-order valence-electron chi connectivity index (χ3n) is 3.84. The minimum absolute atomic E-state index is 0.261. The lowest BCUT2D eigenvalue weighted by Gasteiger charge is -2.15. The van der Waals surface area contributed by atoms with E-state index in [1.54, 1.807) is 33.0 Å². The summed E-state index contributed by atoms with van der Waals surface area (Å²) >= 11 is 0. The van der Waals surface area contributed by atoms with Crippen LogP contribution in [0, 0.1) is 12.8 Å². The fourth-order valence-electron chi connectivity index (χ4n) is 2.54. The van der Waals surface area contributed by atoms with Crippen molar-refractivity contribution in [3.8, 4) is 0 Å². The molecule has 0 N–H and O–H groups in total. The second kappa shape index (κ2) is 5.78. The van der Waals surface area contributed by atoms with E-state index in [1.807, 2.05) is 0 Å². The van der Waals surface area contributed by atoms with Crippen LogP contribution in [0.4, 0.5) is 0 Å². The maximum atomic E-state index is 12.5. The van der Waals surface area contributed by atoms with Gasteiger partial charge in [0.1, 0.15) is 5.92 Å². The van der Waals surface area contributed by atoms with E-state index in [0.29, 0.717) is 18.0 Å². The van der Waals surface area contributed by atoms with Gasteiger partial charge in [0.25, 0.3) is 5.56 Å². The summed E-state index contributed by atoms with van der Waals surface area (Å²) in [5, 5.41) is 5.90. The van der Waals surface area contributed by atoms with Crippen LogP contribution in [0.25, 0.3) is 0 Å². The summed E-state index contributed by atoms with van der Waals surface area (Å²) in [4.78, 5) is 36.6. The summed E-state index contributed by atoms with van der Waals surface area (Å²) in [7, 11) is 4.71. The van der Waals surface area contributed by atoms with Crippen molar-refractivity contribution in [2.45, 2.75) is 13.8 Å². The van der Waals surface area contributed by atoms with Crippen molar-refractivity contribution in [3.05, 3.63) is 32.1 Å². The molecule has 2 heterocycles. The van der Waals surface area contributed by atoms with E-state index in [4.69, 9.17) is 4.74 Å². The molecule has 1 aliphatic heterocycles. The van der Waals surface area contributed by atoms with Gasteiger partial charge in [0.05, 0.1) is 24.4 Å². The SMILES string of the molecule is CCOC(=O)C1CN(C)N=C1c1c(C)n(C)c(=O)n(C)c1=O. The summed E-state index contributed by atoms with van der Waals surface area (Å²) in [6, 6.07) is 0. The largest absolute Gasteiger partial charge is 0.465 e. The number of esters is 1. The van der Waals surface area contributed by atoms with Crippen LogP contribution in [-0.2, 0) is 23.6 Å². The highest BCUT2D eigenvalue weighted by Gasteiger charge is 2.36. The molecule has 0 fully saturated rings. The van der Waals surface area contributed by atoms with Crippen molar-refractivity contribution >= 4 is 11.7 Å². The Balaban J connectivity index is 2.65. The van der Waals surface area contributed by atoms with E-state index < -0.39 is 23.1 Å². The molecule has 0 saturated carbocycles. The van der Waals surface area contributed by atoms with E-state index in [-0.39, 0.29) is 12.2 Å². The number of hydrazone groups is 1. The number of ether oxygens (including phenoxy) is 1. The fraction of sp³-hybridized carbons (Fsp3) is 0.571. The molecule has 0 amide bonds. The normalized spacial score (nSPS) is 17.6. The van der Waals surface area contributed by atoms with Gasteiger partial charge in [-0.15, -0.1) is 0 Å². The van der Waals surface area contributed by atoms with Gasteiger partial charge in [0.15, 0.2) is 0 Å². The van der Waals surface area contributed by atoms with E-state index in [1.165, 1.54) is 11.6 Å². The molecule has 1 aromatic rings. The number of carbonyl (C=O) groups excluding carboxylic acids is 1. The molecule has 1 atom stereocenters. The molecule has 1 aromatic heterocycles. The average Bonchev–Trinajstić information content (AvgIpc) is 2.85. The van der Waals surface area contributed by atoms with E-state index >= 15 is 0 Å². The van der Waals surface area contributed by atoms with Crippen LogP contribution in [0.3, 0.4) is 0 Å². The Kier molecular flexibility index (Phi) is 4.20. The zero-order valence-corrected chi connectivity index (χ0v) is 13.4. The molecule has 8 nitrogen and oxygen atoms in total. The maximum absolute atomic E-state index is 12.5. The van der Waals surface area contributed by atoms with Crippen LogP contribution in [0.15, 0.2) is 14.7 Å². The Bertz CT molecular complexity index is 759. The van der Waals surface area contributed by atoms with Crippen molar-refractivity contribution < 1.29 is 9.53 Å². The Morgan fingerprint density at radius 3 is 2.50 bits per heavy atom. The first-order valence-electron chi connectivity index (χ1n) is 7.02. The van der Waals surface area contributed by atoms with Gasteiger partial charge in [-0.3, -0.25) is 19.2 Å². The van der Waals surface area contributed by atoms with E-state index in [0.717, 1.165) is 4.57 Å². The lowest BCUT2D eigenvalue weighted by atomic mass is 9.97. The standard InChI is InChI=1S/C14H20N4O4/c1-6-22-13(20)9-7-16(3)15-11(9)10-8(2)17(4)14(21)18(5)12(10)19/h9H,6-7H2,1-5H3. The zero-order valence-electron chi connectivity index (χ0n) is 13.4. The zero-order chi connectivity index (χ0) is 16.6. The van der Waals surface area contributed by atoms with Crippen LogP contribution in [0.2, 0.25) is 0 Å². The molecule has 8 heteroatoms. The van der Waals surface area contributed by atoms with Crippen LogP contribution >= 0.6 is 0 Å². The third-order valence-corrected chi connectivity index (χ3v) is 3.84. The minimum Gasteiger partial charge on any atom is -0.465 e. The van der Waals surface area contributed by atoms with Gasteiger partial charge in [0.2, 0.25) is 0 Å². The number of hydrogen-bond acceptors (Lipinski definition) is 6. The van der Waals surface area contributed by atoms with Gasteiger partial charge in [-0.05, 0) is 13.8 Å². The number of nitrogens with zero attached hydrogens (tertiary/aromatic N) is 4. The first-order valence-corrected chi connectivity index (χ1v) is 7.02. The minimum atomic E-state index is -0.631. The molecule has 0 saturated heterocycles. The van der Waals surface area contributed by atoms with Gasteiger partial charge in [-0.25, -0.2) is 4.79 Å². The van der Waals surface area contributed by atoms with Crippen molar-refractivity contribution in [2.75, 3.05) is 20.2 Å². The number of carbonyl (C=O) groups is 1. The van der Waals surface area contributed by atoms with Crippen LogP contribution in [0.5, 0.6) is 0 Å². The average molecular weight is 308 g/mol. The Hall–Kier alpha value is -2.38. The van der Waals surface area contributed by atoms with E-state index in [2.05, 4.69) is 5.10 Å². The fourth-order valence-corrected chi connectivity index (χ4v) is 2.54. The highest BCUT2D eigenvalue weighted by molar-refractivity contribution is 6.13. The first kappa shape index (κ1) is 16.0. The number of rotatable bonds is 3. The summed E-state index contributed by atoms with van der Waals surface area (Å²) in [5.41, 5.74) is 0.257. The van der Waals surface area contributed by atoms with Gasteiger partial charge in [-0.1, -0.05) is 0 Å². The second-order valence-corrected chi connectivity index (χ2v) is 5.30. The van der Waals surface area contributed by atoms with Gasteiger partial charge < -0.3 is 9.30 Å². The molecule has 2 rings (SSSR count). The van der Waals surface area contributed by atoms with Crippen molar-refractivity contribution in [2.24, 2.45) is 25.1 Å². The molecule has 120 valence electrons. The maximum Gasteiger partial charge on any atom is 0.330 e. The van der Waals surface area contributed by atoms with Crippen LogP contribution in [-0.4, -0.2) is 46.0 Å². The van der Waals surface area contributed by atoms with Crippen molar-refractivity contribution in [3.63, 3.8) is 0 Å². The van der Waals surface area contributed by atoms with Gasteiger partial charge in [0, 0.05) is 26.8 Å². The predicted octanol–water partition coefficient (Wildman–Crippen LogP) is -0.779. The van der Waals surface area contributed by atoms with Crippen LogP contribution in [0.1, 0.15) is 18.2 Å². The van der Waals surface area contributed by atoms with Crippen LogP contribution < -0.4 is 11.2 Å². The molecular weight excluding hydrogens is 288 g/mol. The lowest BCUT2D eigenvalue weighted by molar-refractivity contribution is -0.145. The van der Waals surface area contributed by atoms with Gasteiger partial charge in [-0.2, -0.15) is 5.10 Å². The Morgan fingerprint density at radius 1 is 1.27 bits per heavy atom. The molecule has 0 radical (unpaired) electrons. The first-order chi connectivity index (χ1) is 10.3. The Morgan fingerprint density at radius 2 is 1.91 bits per heavy atom. The summed E-state index contributed by atoms with van der Waals surface area (Å²) in [6.07, 6.45) is 0. The predicted molar refractivity (Wildman–Crippen MR) is 81.0 cm³/mol. The monoisotopic (exact) mass is 308 g/mol. The summed E-state index contributed by atoms with van der Waals surface area (Å²) < 4.78 is 7.46. The molecular formula is C14H20N4O4. The topological polar surface area (TPSA) is 85.9 Å². The molecule has 0 bridgehead atoms. The quantitative estimate of drug-likeness (QED) is 0.684. The smallest absolute Gasteiger partial charge is 0.330 e. The van der Waals surface area contributed by atoms with Crippen molar-refractivity contribution in [1.82, 2.24) is 14.1 Å². The highest BCUT2D eigenvalue weighted by atomic mass is 16.5. The highest BCUT2D eigenvalue weighted by Crippen LogP contribution is 2.19. The van der Waals surface area contributed by atoms with Crippen molar-refractivity contribution in [1.29, 1.82) is 0 Å². The molecule has 0 aliphatic carbocycles. The molecule has 0 aromatic carbocycles. The lowest BCUT2D eigenvalue weighted by Crippen LogP contribution is -2.43.